The van der Waals surface area contributed by atoms with E-state index in [0.29, 0.717) is 47.6 Å². The average molecular weight is 494 g/mol. The molecule has 1 aromatic carbocycles. The Labute approximate surface area is 208 Å². The van der Waals surface area contributed by atoms with Crippen molar-refractivity contribution < 1.29 is 33.5 Å². The van der Waals surface area contributed by atoms with Gasteiger partial charge in [0.1, 0.15) is 29.6 Å². The van der Waals surface area contributed by atoms with Gasteiger partial charge in [-0.2, -0.15) is 0 Å². The first-order valence-electron chi connectivity index (χ1n) is 11.5. The predicted molar refractivity (Wildman–Crippen MR) is 129 cm³/mol. The normalized spacial score (nSPS) is 17.0. The van der Waals surface area contributed by atoms with E-state index in [0.717, 1.165) is 0 Å². The Morgan fingerprint density at radius 1 is 1.22 bits per heavy atom. The number of amides is 1. The molecular formula is C26H29N4O6+. The number of H-pyrrole nitrogens is 2. The molecule has 0 bridgehead atoms. The van der Waals surface area contributed by atoms with E-state index in [1.807, 2.05) is 17.1 Å². The van der Waals surface area contributed by atoms with E-state index in [2.05, 4.69) is 9.97 Å². The molecule has 1 amide bonds. The van der Waals surface area contributed by atoms with Crippen molar-refractivity contribution >= 4 is 23.4 Å². The number of ether oxygens (including phenoxy) is 2. The number of hydrogen-bond donors (Lipinski definition) is 3. The quantitative estimate of drug-likeness (QED) is 0.145. The maximum atomic E-state index is 13.3. The first-order valence-corrected chi connectivity index (χ1v) is 11.5. The Hall–Kier alpha value is -4.34. The van der Waals surface area contributed by atoms with Gasteiger partial charge in [0, 0.05) is 24.2 Å². The maximum Gasteiger partial charge on any atom is 0.354 e. The number of imidazole rings is 1. The van der Waals surface area contributed by atoms with Crippen LogP contribution in [-0.2, 0) is 20.9 Å². The molecule has 0 aliphatic carbocycles. The van der Waals surface area contributed by atoms with Crippen LogP contribution < -0.4 is 9.30 Å². The number of aromatic nitrogens is 3. The van der Waals surface area contributed by atoms with Crippen LogP contribution in [0.4, 0.5) is 0 Å². The van der Waals surface area contributed by atoms with Gasteiger partial charge < -0.3 is 24.5 Å². The predicted octanol–water partition coefficient (Wildman–Crippen LogP) is 2.55. The number of aliphatic hydroxyl groups is 1. The molecule has 2 aromatic heterocycles. The van der Waals surface area contributed by atoms with Gasteiger partial charge in [0.15, 0.2) is 0 Å². The Morgan fingerprint density at radius 3 is 2.67 bits per heavy atom. The average Bonchev–Trinajstić information content (AvgIpc) is 3.57. The third-order valence-corrected chi connectivity index (χ3v) is 6.43. The van der Waals surface area contributed by atoms with Gasteiger partial charge in [-0.25, -0.2) is 9.36 Å². The summed E-state index contributed by atoms with van der Waals surface area (Å²) in [6.45, 7) is 4.25. The van der Waals surface area contributed by atoms with Crippen LogP contribution in [0.3, 0.4) is 0 Å². The van der Waals surface area contributed by atoms with Gasteiger partial charge in [0.05, 0.1) is 32.4 Å². The Kier molecular flexibility index (Phi) is 6.96. The number of nitrogens with one attached hydrogen (secondary N) is 2. The number of carbonyl (C=O) groups is 3. The summed E-state index contributed by atoms with van der Waals surface area (Å²) in [4.78, 5) is 46.1. The van der Waals surface area contributed by atoms with Crippen molar-refractivity contribution in [2.24, 2.45) is 0 Å². The first-order chi connectivity index (χ1) is 17.3. The summed E-state index contributed by atoms with van der Waals surface area (Å²) in [7, 11) is 2.79. The van der Waals surface area contributed by atoms with Gasteiger partial charge in [-0.3, -0.25) is 14.6 Å². The third-order valence-electron chi connectivity index (χ3n) is 6.43. The van der Waals surface area contributed by atoms with E-state index >= 15 is 0 Å². The lowest BCUT2D eigenvalue weighted by Crippen LogP contribution is -2.36. The van der Waals surface area contributed by atoms with Crippen LogP contribution in [0.2, 0.25) is 0 Å². The van der Waals surface area contributed by atoms with Gasteiger partial charge in [-0.1, -0.05) is 12.1 Å². The first kappa shape index (κ1) is 24.8. The van der Waals surface area contributed by atoms with E-state index in [-0.39, 0.29) is 17.0 Å². The van der Waals surface area contributed by atoms with Crippen LogP contribution in [-0.4, -0.2) is 58.4 Å². The highest BCUT2D eigenvalue weighted by Gasteiger charge is 2.46. The fourth-order valence-corrected chi connectivity index (χ4v) is 4.70. The Morgan fingerprint density at radius 2 is 2.00 bits per heavy atom. The molecule has 10 heteroatoms. The summed E-state index contributed by atoms with van der Waals surface area (Å²) in [5, 5.41) is 11.5. The van der Waals surface area contributed by atoms with E-state index in [1.54, 1.807) is 44.3 Å². The molecule has 0 spiro atoms. The highest BCUT2D eigenvalue weighted by molar-refractivity contribution is 6.46. The summed E-state index contributed by atoms with van der Waals surface area (Å²) in [5.74, 6) is -1.86. The molecule has 0 radical (unpaired) electrons. The topological polar surface area (TPSA) is 129 Å². The monoisotopic (exact) mass is 493 g/mol. The molecule has 0 saturated carbocycles. The summed E-state index contributed by atoms with van der Waals surface area (Å²) in [6.07, 6.45) is 6.07. The smallest absolute Gasteiger partial charge is 0.354 e. The fraction of sp³-hybridized carbons (Fsp3) is 0.308. The number of methoxy groups -OCH3 is 2. The molecule has 3 aromatic rings. The van der Waals surface area contributed by atoms with Gasteiger partial charge >= 0.3 is 5.97 Å². The highest BCUT2D eigenvalue weighted by atomic mass is 16.5. The molecule has 1 aliphatic heterocycles. The van der Waals surface area contributed by atoms with Crippen molar-refractivity contribution in [2.45, 2.75) is 32.9 Å². The lowest BCUT2D eigenvalue weighted by molar-refractivity contribution is -0.695. The highest BCUT2D eigenvalue weighted by Crippen LogP contribution is 2.41. The largest absolute Gasteiger partial charge is 0.507 e. The van der Waals surface area contributed by atoms with Gasteiger partial charge in [0.2, 0.25) is 6.33 Å². The summed E-state index contributed by atoms with van der Waals surface area (Å²) in [5.41, 5.74) is 1.96. The number of hydrogen-bond acceptors (Lipinski definition) is 6. The van der Waals surface area contributed by atoms with E-state index in [4.69, 9.17) is 9.47 Å². The molecule has 1 fully saturated rings. The van der Waals surface area contributed by atoms with Crippen molar-refractivity contribution in [1.82, 2.24) is 14.9 Å². The van der Waals surface area contributed by atoms with Crippen LogP contribution in [0.5, 0.6) is 5.75 Å². The lowest BCUT2D eigenvalue weighted by Gasteiger charge is -2.25. The number of likely N-dealkylation sites (tertiary alicyclic amines) is 1. The molecular weight excluding hydrogens is 464 g/mol. The van der Waals surface area contributed by atoms with E-state index < -0.39 is 23.7 Å². The second-order valence-corrected chi connectivity index (χ2v) is 8.59. The summed E-state index contributed by atoms with van der Waals surface area (Å²) < 4.78 is 12.1. The third kappa shape index (κ3) is 4.37. The fourth-order valence-electron chi connectivity index (χ4n) is 4.70. The SMILES string of the molecule is COC(=O)c1[nH]c(C)c(C(O)=C2C(=O)C(=O)N(CCC[n+]3cc[nH]c3)C2c2cccc(OC)c2)c1C. The molecule has 1 saturated heterocycles. The Bertz CT molecular complexity index is 1340. The number of nitrogens with zero attached hydrogens (tertiary/aromatic N) is 2. The van der Waals surface area contributed by atoms with Crippen molar-refractivity contribution in [2.75, 3.05) is 20.8 Å². The zero-order chi connectivity index (χ0) is 26.0. The van der Waals surface area contributed by atoms with Crippen LogP contribution in [0.1, 0.15) is 45.3 Å². The van der Waals surface area contributed by atoms with Crippen molar-refractivity contribution in [3.8, 4) is 5.75 Å². The molecule has 36 heavy (non-hydrogen) atoms. The minimum absolute atomic E-state index is 0.0378. The van der Waals surface area contributed by atoms with E-state index in [1.165, 1.54) is 19.1 Å². The number of aromatic amines is 2. The maximum absolute atomic E-state index is 13.3. The van der Waals surface area contributed by atoms with Crippen LogP contribution in [0.25, 0.3) is 5.76 Å². The second-order valence-electron chi connectivity index (χ2n) is 8.59. The molecule has 188 valence electrons. The minimum atomic E-state index is -0.827. The van der Waals surface area contributed by atoms with Crippen molar-refractivity contribution in [3.63, 3.8) is 0 Å². The number of esters is 1. The van der Waals surface area contributed by atoms with Crippen molar-refractivity contribution in [1.29, 1.82) is 0 Å². The molecule has 3 N–H and O–H groups in total. The van der Waals surface area contributed by atoms with E-state index in [9.17, 15) is 19.5 Å². The minimum Gasteiger partial charge on any atom is -0.507 e. The van der Waals surface area contributed by atoms with Crippen LogP contribution in [0, 0.1) is 13.8 Å². The number of aliphatic hydroxyl groups excluding tert-OH is 1. The zero-order valence-corrected chi connectivity index (χ0v) is 20.6. The summed E-state index contributed by atoms with van der Waals surface area (Å²) >= 11 is 0. The number of rotatable bonds is 8. The molecule has 3 heterocycles. The summed E-state index contributed by atoms with van der Waals surface area (Å²) in [6, 6.07) is 6.24. The molecule has 1 unspecified atom stereocenters. The lowest BCUT2D eigenvalue weighted by atomic mass is 9.94. The number of carbonyl (C=O) groups excluding carboxylic acids is 3. The van der Waals surface area contributed by atoms with Crippen molar-refractivity contribution in [3.05, 3.63) is 76.6 Å². The Balaban J connectivity index is 1.81. The number of aryl methyl sites for hydroxylation is 2. The molecule has 10 nitrogen and oxygen atoms in total. The number of ketones is 1. The second kappa shape index (κ2) is 10.1. The van der Waals surface area contributed by atoms with Crippen LogP contribution in [0.15, 0.2) is 48.6 Å². The molecule has 4 rings (SSSR count). The van der Waals surface area contributed by atoms with Crippen LogP contribution >= 0.6 is 0 Å². The molecule has 1 atom stereocenters. The van der Waals surface area contributed by atoms with Gasteiger partial charge in [0.25, 0.3) is 11.7 Å². The number of benzene rings is 1. The standard InChI is InChI=1S/C26H28N4O6/c1-15-19(16(2)28-21(15)26(34)36-4)23(31)20-22(17-7-5-8-18(13-17)35-3)30(25(33)24(20)32)11-6-10-29-12-9-27-14-29/h5,7-9,12-14,22H,6,10-11H2,1-4H3,(H2,28,31,32,34)/p+1. The zero-order valence-electron chi connectivity index (χ0n) is 20.6. The van der Waals surface area contributed by atoms with Gasteiger partial charge in [-0.05, 0) is 37.1 Å². The van der Waals surface area contributed by atoms with Gasteiger partial charge in [-0.15, -0.1) is 0 Å². The molecule has 1 aliphatic rings. The number of Topliss-reactive ketones (excluding diaryl/α,β-unsaturated/α-hetero) is 1.